The van der Waals surface area contributed by atoms with Gasteiger partial charge in [0.25, 0.3) is 17.7 Å². The number of hydrogen-bond donors (Lipinski definition) is 1. The Balaban J connectivity index is 1.54. The van der Waals surface area contributed by atoms with Gasteiger partial charge in [0.1, 0.15) is 0 Å². The number of likely N-dealkylation sites (tertiary alicyclic amines) is 1. The van der Waals surface area contributed by atoms with Crippen molar-refractivity contribution in [2.75, 3.05) is 13.1 Å². The summed E-state index contributed by atoms with van der Waals surface area (Å²) in [5.41, 5.74) is 8.02. The second kappa shape index (κ2) is 7.56. The molecule has 4 rings (SSSR count). The Kier molecular flexibility index (Phi) is 4.96. The van der Waals surface area contributed by atoms with E-state index >= 15 is 0 Å². The monoisotopic (exact) mass is 377 g/mol. The van der Waals surface area contributed by atoms with Gasteiger partial charge in [0, 0.05) is 24.7 Å². The molecule has 0 saturated carbocycles. The van der Waals surface area contributed by atoms with Gasteiger partial charge in [-0.3, -0.25) is 19.3 Å². The highest BCUT2D eigenvalue weighted by Gasteiger charge is 2.35. The zero-order valence-electron chi connectivity index (χ0n) is 15.6. The summed E-state index contributed by atoms with van der Waals surface area (Å²) in [7, 11) is 0. The molecule has 2 aliphatic rings. The maximum absolute atomic E-state index is 13.0. The van der Waals surface area contributed by atoms with Gasteiger partial charge in [-0.05, 0) is 49.1 Å². The smallest absolute Gasteiger partial charge is 0.261 e. The number of nitrogens with zero attached hydrogens (tertiary/aromatic N) is 2. The van der Waals surface area contributed by atoms with Crippen LogP contribution in [-0.2, 0) is 6.54 Å². The molecular weight excluding hydrogens is 354 g/mol. The lowest BCUT2D eigenvalue weighted by molar-refractivity contribution is 0.0622. The third-order valence-electron chi connectivity index (χ3n) is 5.55. The molecule has 28 heavy (non-hydrogen) atoms. The lowest BCUT2D eigenvalue weighted by Crippen LogP contribution is -2.47. The van der Waals surface area contributed by atoms with E-state index in [4.69, 9.17) is 5.73 Å². The Bertz CT molecular complexity index is 905. The molecule has 144 valence electrons. The number of nitrogens with two attached hydrogens (primary N) is 1. The molecule has 2 aromatic rings. The van der Waals surface area contributed by atoms with Crippen molar-refractivity contribution in [3.63, 3.8) is 0 Å². The SMILES string of the molecule is NCC1CCCCN1C(=O)c1cccc(CN2C(=O)c3ccccc3C2=O)c1. The minimum absolute atomic E-state index is 0.0423. The van der Waals surface area contributed by atoms with E-state index in [9.17, 15) is 14.4 Å². The van der Waals surface area contributed by atoms with Gasteiger partial charge in [-0.2, -0.15) is 0 Å². The normalized spacial score (nSPS) is 19.1. The van der Waals surface area contributed by atoms with Crippen molar-refractivity contribution in [3.05, 3.63) is 70.8 Å². The van der Waals surface area contributed by atoms with Crippen molar-refractivity contribution in [1.29, 1.82) is 0 Å². The highest BCUT2D eigenvalue weighted by molar-refractivity contribution is 6.21. The molecule has 2 aromatic carbocycles. The van der Waals surface area contributed by atoms with E-state index in [1.165, 1.54) is 4.90 Å². The summed E-state index contributed by atoms with van der Waals surface area (Å²) in [6.07, 6.45) is 3.00. The Hall–Kier alpha value is -2.99. The number of fused-ring (bicyclic) bond motifs is 1. The Morgan fingerprint density at radius 1 is 1.00 bits per heavy atom. The van der Waals surface area contributed by atoms with Crippen LogP contribution in [0.2, 0.25) is 0 Å². The van der Waals surface area contributed by atoms with Crippen LogP contribution in [0.4, 0.5) is 0 Å². The topological polar surface area (TPSA) is 83.7 Å². The second-order valence-electron chi connectivity index (χ2n) is 7.33. The molecule has 6 heteroatoms. The first-order valence-corrected chi connectivity index (χ1v) is 9.65. The van der Waals surface area contributed by atoms with E-state index in [0.717, 1.165) is 24.8 Å². The van der Waals surface area contributed by atoms with Crippen LogP contribution >= 0.6 is 0 Å². The zero-order valence-corrected chi connectivity index (χ0v) is 15.6. The molecule has 1 unspecified atom stereocenters. The van der Waals surface area contributed by atoms with Crippen molar-refractivity contribution < 1.29 is 14.4 Å². The van der Waals surface area contributed by atoms with Crippen LogP contribution in [0.5, 0.6) is 0 Å². The molecule has 0 radical (unpaired) electrons. The van der Waals surface area contributed by atoms with Gasteiger partial charge in [0.2, 0.25) is 0 Å². The van der Waals surface area contributed by atoms with Gasteiger partial charge in [-0.25, -0.2) is 0 Å². The van der Waals surface area contributed by atoms with E-state index in [0.29, 0.717) is 29.8 Å². The molecule has 2 aliphatic heterocycles. The summed E-state index contributed by atoms with van der Waals surface area (Å²) >= 11 is 0. The number of carbonyl (C=O) groups excluding carboxylic acids is 3. The summed E-state index contributed by atoms with van der Waals surface area (Å²) in [6.45, 7) is 1.32. The van der Waals surface area contributed by atoms with E-state index in [2.05, 4.69) is 0 Å². The highest BCUT2D eigenvalue weighted by Crippen LogP contribution is 2.25. The predicted molar refractivity (Wildman–Crippen MR) is 105 cm³/mol. The molecule has 2 N–H and O–H groups in total. The van der Waals surface area contributed by atoms with Gasteiger partial charge < -0.3 is 10.6 Å². The van der Waals surface area contributed by atoms with Gasteiger partial charge in [0.15, 0.2) is 0 Å². The lowest BCUT2D eigenvalue weighted by Gasteiger charge is -2.35. The standard InChI is InChI=1S/C22H23N3O3/c23-13-17-8-3-4-11-24(17)20(26)16-7-5-6-15(12-16)14-25-21(27)18-9-1-2-10-19(18)22(25)28/h1-2,5-7,9-10,12,17H,3-4,8,11,13-14,23H2. The first kappa shape index (κ1) is 18.4. The van der Waals surface area contributed by atoms with E-state index in [1.807, 2.05) is 11.0 Å². The average molecular weight is 377 g/mol. The van der Waals surface area contributed by atoms with Crippen molar-refractivity contribution in [2.24, 2.45) is 5.73 Å². The molecule has 1 fully saturated rings. The average Bonchev–Trinajstić information content (AvgIpc) is 2.98. The molecule has 0 aliphatic carbocycles. The fourth-order valence-electron chi connectivity index (χ4n) is 4.05. The molecule has 2 heterocycles. The molecule has 1 saturated heterocycles. The van der Waals surface area contributed by atoms with Crippen molar-refractivity contribution >= 4 is 17.7 Å². The van der Waals surface area contributed by atoms with E-state index in [-0.39, 0.29) is 30.3 Å². The predicted octanol–water partition coefficient (Wildman–Crippen LogP) is 2.44. The Morgan fingerprint density at radius 2 is 1.71 bits per heavy atom. The van der Waals surface area contributed by atoms with Crippen molar-refractivity contribution in [3.8, 4) is 0 Å². The Labute approximate surface area is 163 Å². The van der Waals surface area contributed by atoms with Gasteiger partial charge >= 0.3 is 0 Å². The van der Waals surface area contributed by atoms with E-state index in [1.54, 1.807) is 42.5 Å². The van der Waals surface area contributed by atoms with Gasteiger partial charge in [0.05, 0.1) is 17.7 Å². The number of rotatable bonds is 4. The summed E-state index contributed by atoms with van der Waals surface area (Å²) in [5, 5.41) is 0. The number of carbonyl (C=O) groups is 3. The molecule has 1 atom stereocenters. The van der Waals surface area contributed by atoms with Gasteiger partial charge in [-0.15, -0.1) is 0 Å². The fourth-order valence-corrected chi connectivity index (χ4v) is 4.05. The van der Waals surface area contributed by atoms with Crippen LogP contribution in [0.15, 0.2) is 48.5 Å². The number of amides is 3. The fraction of sp³-hybridized carbons (Fsp3) is 0.318. The number of benzene rings is 2. The summed E-state index contributed by atoms with van der Waals surface area (Å²) < 4.78 is 0. The zero-order chi connectivity index (χ0) is 19.7. The summed E-state index contributed by atoms with van der Waals surface area (Å²) in [4.78, 5) is 41.2. The Morgan fingerprint density at radius 3 is 2.39 bits per heavy atom. The number of hydrogen-bond acceptors (Lipinski definition) is 4. The van der Waals surface area contributed by atoms with Crippen molar-refractivity contribution in [2.45, 2.75) is 31.8 Å². The lowest BCUT2D eigenvalue weighted by atomic mass is 10.0. The minimum Gasteiger partial charge on any atom is -0.334 e. The van der Waals surface area contributed by atoms with Crippen LogP contribution in [0.25, 0.3) is 0 Å². The van der Waals surface area contributed by atoms with Crippen molar-refractivity contribution in [1.82, 2.24) is 9.80 Å². The van der Waals surface area contributed by atoms with Crippen LogP contribution in [-0.4, -0.2) is 46.7 Å². The number of piperidine rings is 1. The quantitative estimate of drug-likeness (QED) is 0.830. The molecule has 6 nitrogen and oxygen atoms in total. The molecule has 0 spiro atoms. The number of imide groups is 1. The van der Waals surface area contributed by atoms with E-state index < -0.39 is 0 Å². The van der Waals surface area contributed by atoms with Crippen LogP contribution in [0.1, 0.15) is 55.9 Å². The van der Waals surface area contributed by atoms with Gasteiger partial charge in [-0.1, -0.05) is 24.3 Å². The molecular formula is C22H23N3O3. The van der Waals surface area contributed by atoms with Crippen LogP contribution < -0.4 is 5.73 Å². The third-order valence-corrected chi connectivity index (χ3v) is 5.55. The highest BCUT2D eigenvalue weighted by atomic mass is 16.2. The second-order valence-corrected chi connectivity index (χ2v) is 7.33. The van der Waals surface area contributed by atoms with Crippen LogP contribution in [0, 0.1) is 0 Å². The summed E-state index contributed by atoms with van der Waals surface area (Å²) in [5.74, 6) is -0.632. The first-order chi connectivity index (χ1) is 13.6. The maximum atomic E-state index is 13.0. The molecule has 0 aromatic heterocycles. The summed E-state index contributed by atoms with van der Waals surface area (Å²) in [6, 6.07) is 14.1. The minimum atomic E-state index is -0.295. The third kappa shape index (κ3) is 3.20. The van der Waals surface area contributed by atoms with Crippen LogP contribution in [0.3, 0.4) is 0 Å². The first-order valence-electron chi connectivity index (χ1n) is 9.65. The molecule has 3 amide bonds. The largest absolute Gasteiger partial charge is 0.334 e. The maximum Gasteiger partial charge on any atom is 0.261 e. The molecule has 0 bridgehead atoms.